The second-order valence-electron chi connectivity index (χ2n) is 2.89. The van der Waals surface area contributed by atoms with Crippen LogP contribution in [-0.2, 0) is 0 Å². The predicted molar refractivity (Wildman–Crippen MR) is 60.5 cm³/mol. The standard InChI is InChI=1S/C12H11N3O/c1-2-16-12-5-3-4-11(6-12)15-9-10(7-13)8-14/h3-6,9,15H,2H2,1H3. The molecular formula is C12H11N3O. The monoisotopic (exact) mass is 213 g/mol. The van der Waals surface area contributed by atoms with Crippen molar-refractivity contribution in [1.82, 2.24) is 0 Å². The van der Waals surface area contributed by atoms with Gasteiger partial charge in [0.25, 0.3) is 0 Å². The molecule has 0 fully saturated rings. The van der Waals surface area contributed by atoms with E-state index >= 15 is 0 Å². The Kier molecular flexibility index (Phi) is 4.43. The number of hydrogen-bond donors (Lipinski definition) is 1. The molecule has 0 bridgehead atoms. The lowest BCUT2D eigenvalue weighted by molar-refractivity contribution is 0.340. The van der Waals surface area contributed by atoms with E-state index < -0.39 is 0 Å². The normalized spacial score (nSPS) is 8.44. The number of allylic oxidation sites excluding steroid dienone is 1. The highest BCUT2D eigenvalue weighted by atomic mass is 16.5. The van der Waals surface area contributed by atoms with Crippen LogP contribution in [0.5, 0.6) is 5.75 Å². The quantitative estimate of drug-likeness (QED) is 0.780. The minimum atomic E-state index is 0.0295. The number of benzene rings is 1. The fraction of sp³-hybridized carbons (Fsp3) is 0.167. The van der Waals surface area contributed by atoms with Gasteiger partial charge in [0.2, 0.25) is 0 Å². The van der Waals surface area contributed by atoms with E-state index in [0.717, 1.165) is 11.4 Å². The van der Waals surface area contributed by atoms with Gasteiger partial charge in [-0.1, -0.05) is 6.07 Å². The minimum Gasteiger partial charge on any atom is -0.494 e. The second kappa shape index (κ2) is 6.10. The third-order valence-electron chi connectivity index (χ3n) is 1.77. The molecule has 0 aromatic heterocycles. The van der Waals surface area contributed by atoms with Crippen LogP contribution in [0.1, 0.15) is 6.92 Å². The van der Waals surface area contributed by atoms with Crippen LogP contribution >= 0.6 is 0 Å². The third kappa shape index (κ3) is 3.36. The zero-order valence-electron chi connectivity index (χ0n) is 8.90. The summed E-state index contributed by atoms with van der Waals surface area (Å²) in [6, 6.07) is 10.8. The van der Waals surface area contributed by atoms with Gasteiger partial charge in [0, 0.05) is 18.0 Å². The molecule has 0 radical (unpaired) electrons. The average Bonchev–Trinajstić information content (AvgIpc) is 2.31. The van der Waals surface area contributed by atoms with E-state index in [4.69, 9.17) is 15.3 Å². The van der Waals surface area contributed by atoms with E-state index in [2.05, 4.69) is 5.32 Å². The van der Waals surface area contributed by atoms with Crippen LogP contribution in [0.15, 0.2) is 36.0 Å². The number of anilines is 1. The van der Waals surface area contributed by atoms with Crippen molar-refractivity contribution in [3.63, 3.8) is 0 Å². The molecule has 16 heavy (non-hydrogen) atoms. The maximum absolute atomic E-state index is 8.54. The van der Waals surface area contributed by atoms with E-state index in [0.29, 0.717) is 6.61 Å². The molecule has 0 amide bonds. The van der Waals surface area contributed by atoms with Crippen molar-refractivity contribution in [3.8, 4) is 17.9 Å². The van der Waals surface area contributed by atoms with Crippen molar-refractivity contribution in [2.75, 3.05) is 11.9 Å². The molecule has 0 aliphatic heterocycles. The van der Waals surface area contributed by atoms with Gasteiger partial charge >= 0.3 is 0 Å². The lowest BCUT2D eigenvalue weighted by atomic mass is 10.3. The van der Waals surface area contributed by atoms with Crippen LogP contribution in [0.2, 0.25) is 0 Å². The molecule has 0 atom stereocenters. The predicted octanol–water partition coefficient (Wildman–Crippen LogP) is 2.43. The van der Waals surface area contributed by atoms with E-state index in [1.807, 2.05) is 25.1 Å². The number of nitriles is 2. The van der Waals surface area contributed by atoms with Gasteiger partial charge in [-0.3, -0.25) is 0 Å². The Balaban J connectivity index is 2.76. The first-order chi connectivity index (χ1) is 7.80. The molecule has 4 heteroatoms. The summed E-state index contributed by atoms with van der Waals surface area (Å²) in [5.41, 5.74) is 0.802. The van der Waals surface area contributed by atoms with Gasteiger partial charge in [-0.15, -0.1) is 0 Å². The lowest BCUT2D eigenvalue weighted by Crippen LogP contribution is -1.93. The van der Waals surface area contributed by atoms with Gasteiger partial charge in [-0.2, -0.15) is 10.5 Å². The molecule has 80 valence electrons. The summed E-state index contributed by atoms with van der Waals surface area (Å²) in [5.74, 6) is 0.747. The zero-order valence-corrected chi connectivity index (χ0v) is 8.90. The SMILES string of the molecule is CCOc1cccc(NC=C(C#N)C#N)c1. The summed E-state index contributed by atoms with van der Waals surface area (Å²) in [6.07, 6.45) is 1.37. The van der Waals surface area contributed by atoms with E-state index in [-0.39, 0.29) is 5.57 Å². The number of ether oxygens (including phenoxy) is 1. The van der Waals surface area contributed by atoms with Crippen molar-refractivity contribution >= 4 is 5.69 Å². The number of nitrogens with one attached hydrogen (secondary N) is 1. The fourth-order valence-electron chi connectivity index (χ4n) is 1.09. The molecule has 0 aliphatic rings. The molecule has 4 nitrogen and oxygen atoms in total. The van der Waals surface area contributed by atoms with Gasteiger partial charge in [-0.25, -0.2) is 0 Å². The molecule has 1 N–H and O–H groups in total. The van der Waals surface area contributed by atoms with E-state index in [1.54, 1.807) is 18.2 Å². The van der Waals surface area contributed by atoms with Crippen molar-refractivity contribution in [3.05, 3.63) is 36.0 Å². The highest BCUT2D eigenvalue weighted by Crippen LogP contribution is 2.17. The van der Waals surface area contributed by atoms with E-state index in [9.17, 15) is 0 Å². The van der Waals surface area contributed by atoms with Crippen molar-refractivity contribution in [2.24, 2.45) is 0 Å². The Bertz CT molecular complexity index is 450. The molecule has 1 aromatic rings. The van der Waals surface area contributed by atoms with Crippen molar-refractivity contribution in [2.45, 2.75) is 6.92 Å². The lowest BCUT2D eigenvalue weighted by Gasteiger charge is -2.05. The smallest absolute Gasteiger partial charge is 0.145 e. The highest BCUT2D eigenvalue weighted by Gasteiger charge is 1.95. The van der Waals surface area contributed by atoms with Crippen LogP contribution in [0.4, 0.5) is 5.69 Å². The zero-order chi connectivity index (χ0) is 11.8. The molecule has 0 aliphatic carbocycles. The van der Waals surface area contributed by atoms with Crippen LogP contribution in [-0.4, -0.2) is 6.61 Å². The molecule has 0 spiro atoms. The van der Waals surface area contributed by atoms with Gasteiger partial charge < -0.3 is 10.1 Å². The Morgan fingerprint density at radius 3 is 2.81 bits per heavy atom. The summed E-state index contributed by atoms with van der Waals surface area (Å²) in [4.78, 5) is 0. The molecule has 1 aromatic carbocycles. The van der Waals surface area contributed by atoms with Crippen LogP contribution in [0.25, 0.3) is 0 Å². The number of nitrogens with zero attached hydrogens (tertiary/aromatic N) is 2. The molecule has 0 unspecified atom stereocenters. The largest absolute Gasteiger partial charge is 0.494 e. The first kappa shape index (κ1) is 11.6. The number of hydrogen-bond acceptors (Lipinski definition) is 4. The molecule has 0 saturated heterocycles. The van der Waals surface area contributed by atoms with Gasteiger partial charge in [0.15, 0.2) is 0 Å². The molecule has 0 heterocycles. The molecule has 0 saturated carbocycles. The minimum absolute atomic E-state index is 0.0295. The number of rotatable bonds is 4. The van der Waals surface area contributed by atoms with Gasteiger partial charge in [0.1, 0.15) is 23.5 Å². The summed E-state index contributed by atoms with van der Waals surface area (Å²) >= 11 is 0. The van der Waals surface area contributed by atoms with E-state index in [1.165, 1.54) is 6.20 Å². The Hall–Kier alpha value is -2.46. The highest BCUT2D eigenvalue weighted by molar-refractivity contribution is 5.52. The average molecular weight is 213 g/mol. The Labute approximate surface area is 94.4 Å². The molecule has 1 rings (SSSR count). The maximum atomic E-state index is 8.54. The topological polar surface area (TPSA) is 68.8 Å². The second-order valence-corrected chi connectivity index (χ2v) is 2.89. The maximum Gasteiger partial charge on any atom is 0.145 e. The van der Waals surface area contributed by atoms with Crippen LogP contribution in [0, 0.1) is 22.7 Å². The Morgan fingerprint density at radius 2 is 2.19 bits per heavy atom. The van der Waals surface area contributed by atoms with Gasteiger partial charge in [-0.05, 0) is 19.1 Å². The first-order valence-corrected chi connectivity index (χ1v) is 4.80. The first-order valence-electron chi connectivity index (χ1n) is 4.80. The molecular weight excluding hydrogens is 202 g/mol. The van der Waals surface area contributed by atoms with Gasteiger partial charge in [0.05, 0.1) is 6.61 Å². The van der Waals surface area contributed by atoms with Crippen molar-refractivity contribution in [1.29, 1.82) is 10.5 Å². The van der Waals surface area contributed by atoms with Crippen LogP contribution < -0.4 is 10.1 Å². The summed E-state index contributed by atoms with van der Waals surface area (Å²) in [6.45, 7) is 2.50. The third-order valence-corrected chi connectivity index (χ3v) is 1.77. The Morgan fingerprint density at radius 1 is 1.44 bits per heavy atom. The summed E-state index contributed by atoms with van der Waals surface area (Å²) in [7, 11) is 0. The van der Waals surface area contributed by atoms with Crippen LogP contribution in [0.3, 0.4) is 0 Å². The van der Waals surface area contributed by atoms with Crippen molar-refractivity contribution < 1.29 is 4.74 Å². The summed E-state index contributed by atoms with van der Waals surface area (Å²) < 4.78 is 5.32. The summed E-state index contributed by atoms with van der Waals surface area (Å²) in [5, 5.41) is 19.9. The fourth-order valence-corrected chi connectivity index (χ4v) is 1.09.